The molecule has 12 heteroatoms. The van der Waals surface area contributed by atoms with Crippen LogP contribution in [0.5, 0.6) is 0 Å². The van der Waals surface area contributed by atoms with Gasteiger partial charge >= 0.3 is 18.4 Å². The Morgan fingerprint density at radius 1 is 1.00 bits per heavy atom. The number of hydrogen-bond donors (Lipinski definition) is 0. The van der Waals surface area contributed by atoms with Gasteiger partial charge in [0.2, 0.25) is 11.6 Å². The van der Waals surface area contributed by atoms with E-state index in [1.54, 1.807) is 0 Å². The largest absolute Gasteiger partial charge is 0.450 e. The van der Waals surface area contributed by atoms with Gasteiger partial charge in [-0.3, -0.25) is 14.4 Å². The summed E-state index contributed by atoms with van der Waals surface area (Å²) in [6.45, 7) is -1.15. The quantitative estimate of drug-likeness (QED) is 0.561. The predicted octanol–water partition coefficient (Wildman–Crippen LogP) is 1.52. The molecule has 0 bridgehead atoms. The molecule has 2 unspecified atom stereocenters. The Balaban J connectivity index is 3.20. The number of hydrogen-bond acceptors (Lipinski definition) is 5. The zero-order valence-electron chi connectivity index (χ0n) is 12.0. The molecule has 0 aromatic carbocycles. The lowest BCUT2D eigenvalue weighted by Crippen LogP contribution is -2.57. The highest BCUT2D eigenvalue weighted by Crippen LogP contribution is 2.31. The summed E-state index contributed by atoms with van der Waals surface area (Å²) in [7, 11) is 0. The number of carbonyl (C=O) groups excluding carboxylic acids is 4. The van der Waals surface area contributed by atoms with Crippen LogP contribution in [0.15, 0.2) is 0 Å². The molecule has 0 saturated carbocycles. The van der Waals surface area contributed by atoms with Gasteiger partial charge in [0.15, 0.2) is 5.78 Å². The number of ketones is 3. The van der Waals surface area contributed by atoms with Gasteiger partial charge in [0.1, 0.15) is 11.8 Å². The van der Waals surface area contributed by atoms with Crippen molar-refractivity contribution >= 4 is 23.4 Å². The first-order valence-corrected chi connectivity index (χ1v) is 6.48. The number of Topliss-reactive ketones (excluding diaryl/α,β-unsaturated/α-hetero) is 3. The topological polar surface area (TPSA) is 80.8 Å². The maximum Gasteiger partial charge on any atom is 0.450 e. The van der Waals surface area contributed by atoms with E-state index in [-0.39, 0.29) is 6.61 Å². The van der Waals surface area contributed by atoms with Crippen LogP contribution in [0.3, 0.4) is 0 Å². The summed E-state index contributed by atoms with van der Waals surface area (Å²) in [6, 6.07) is 0. The maximum atomic E-state index is 12.5. The van der Waals surface area contributed by atoms with Gasteiger partial charge in [-0.1, -0.05) is 0 Å². The number of rotatable bonds is 3. The van der Waals surface area contributed by atoms with Gasteiger partial charge in [0.05, 0.1) is 6.61 Å². The molecule has 1 saturated heterocycles. The van der Waals surface area contributed by atoms with Crippen LogP contribution in [0.2, 0.25) is 0 Å². The van der Waals surface area contributed by atoms with Crippen LogP contribution in [-0.2, 0) is 19.1 Å². The number of piperidine rings is 1. The molecule has 24 heavy (non-hydrogen) atoms. The van der Waals surface area contributed by atoms with Gasteiger partial charge in [0, 0.05) is 13.1 Å². The molecule has 6 nitrogen and oxygen atoms in total. The van der Waals surface area contributed by atoms with Gasteiger partial charge in [-0.25, -0.2) is 4.79 Å². The number of carbonyl (C=O) groups is 4. The van der Waals surface area contributed by atoms with Crippen molar-refractivity contribution in [2.75, 3.05) is 19.7 Å². The van der Waals surface area contributed by atoms with Crippen molar-refractivity contribution in [3.8, 4) is 0 Å². The maximum absolute atomic E-state index is 12.5. The molecule has 1 rings (SSSR count). The third-order valence-corrected chi connectivity index (χ3v) is 3.21. The van der Waals surface area contributed by atoms with Crippen LogP contribution >= 0.6 is 0 Å². The van der Waals surface area contributed by atoms with E-state index in [4.69, 9.17) is 0 Å². The van der Waals surface area contributed by atoms with Crippen molar-refractivity contribution in [1.29, 1.82) is 0 Å². The molecule has 0 spiro atoms. The number of halogens is 6. The first-order chi connectivity index (χ1) is 10.8. The summed E-state index contributed by atoms with van der Waals surface area (Å²) >= 11 is 0. The average molecular weight is 363 g/mol. The number of ether oxygens (including phenoxy) is 1. The van der Waals surface area contributed by atoms with Crippen molar-refractivity contribution in [2.45, 2.75) is 19.3 Å². The van der Waals surface area contributed by atoms with Crippen LogP contribution in [0.1, 0.15) is 6.92 Å². The van der Waals surface area contributed by atoms with E-state index in [0.717, 1.165) is 0 Å². The van der Waals surface area contributed by atoms with Gasteiger partial charge < -0.3 is 9.64 Å². The number of likely N-dealkylation sites (tertiary alicyclic amines) is 1. The Hall–Kier alpha value is -2.14. The van der Waals surface area contributed by atoms with E-state index >= 15 is 0 Å². The molecule has 136 valence electrons. The SMILES string of the molecule is CCOC(=O)N1CC(C(=O)C(F)(F)F)C(=O)C(C(=O)C(F)(F)F)C1. The number of alkyl halides is 6. The van der Waals surface area contributed by atoms with Gasteiger partial charge in [0.25, 0.3) is 0 Å². The van der Waals surface area contributed by atoms with Gasteiger partial charge in [-0.15, -0.1) is 0 Å². The van der Waals surface area contributed by atoms with Gasteiger partial charge in [-0.2, -0.15) is 26.3 Å². The average Bonchev–Trinajstić information content (AvgIpc) is 2.44. The van der Waals surface area contributed by atoms with Crippen LogP contribution in [0.4, 0.5) is 31.1 Å². The van der Waals surface area contributed by atoms with Crippen molar-refractivity contribution < 1.29 is 50.3 Å². The number of amides is 1. The molecule has 0 radical (unpaired) electrons. The normalized spacial score (nSPS) is 22.3. The molecule has 1 aliphatic rings. The first-order valence-electron chi connectivity index (χ1n) is 6.48. The molecule has 0 aromatic heterocycles. The van der Waals surface area contributed by atoms with Crippen molar-refractivity contribution in [3.63, 3.8) is 0 Å². The van der Waals surface area contributed by atoms with Crippen molar-refractivity contribution in [3.05, 3.63) is 0 Å². The Morgan fingerprint density at radius 2 is 1.38 bits per heavy atom. The van der Waals surface area contributed by atoms with Gasteiger partial charge in [-0.05, 0) is 6.92 Å². The highest BCUT2D eigenvalue weighted by molar-refractivity contribution is 6.15. The zero-order chi connectivity index (χ0) is 18.9. The third kappa shape index (κ3) is 4.23. The molecule has 1 fully saturated rings. The van der Waals surface area contributed by atoms with Crippen LogP contribution < -0.4 is 0 Å². The van der Waals surface area contributed by atoms with E-state index in [1.807, 2.05) is 0 Å². The Morgan fingerprint density at radius 3 is 1.67 bits per heavy atom. The van der Waals surface area contributed by atoms with Crippen LogP contribution in [-0.4, -0.2) is 60.4 Å². The van der Waals surface area contributed by atoms with Crippen molar-refractivity contribution in [1.82, 2.24) is 4.90 Å². The standard InChI is InChI=1S/C12H11F6NO5/c1-2-24-10(23)19-3-5(8(21)11(13,14)15)7(20)6(4-19)9(22)12(16,17)18/h5-6H,2-4H2,1H3. The summed E-state index contributed by atoms with van der Waals surface area (Å²) in [5.74, 6) is -12.3. The Kier molecular flexibility index (Phi) is 5.62. The molecular weight excluding hydrogens is 352 g/mol. The predicted molar refractivity (Wildman–Crippen MR) is 62.7 cm³/mol. The minimum absolute atomic E-state index is 0.251. The second-order valence-electron chi connectivity index (χ2n) is 4.84. The lowest BCUT2D eigenvalue weighted by atomic mass is 9.82. The summed E-state index contributed by atoms with van der Waals surface area (Å²) in [6.07, 6.45) is -12.3. The lowest BCUT2D eigenvalue weighted by Gasteiger charge is -2.35. The van der Waals surface area contributed by atoms with E-state index in [0.29, 0.717) is 4.90 Å². The minimum atomic E-state index is -5.51. The summed E-state index contributed by atoms with van der Waals surface area (Å²) in [5, 5.41) is 0. The second kappa shape index (κ2) is 6.77. The molecule has 1 aliphatic heterocycles. The monoisotopic (exact) mass is 363 g/mol. The first kappa shape index (κ1) is 19.9. The van der Waals surface area contributed by atoms with E-state index in [2.05, 4.69) is 4.74 Å². The lowest BCUT2D eigenvalue weighted by molar-refractivity contribution is -0.184. The van der Waals surface area contributed by atoms with E-state index in [9.17, 15) is 45.5 Å². The molecule has 1 heterocycles. The fraction of sp³-hybridized carbons (Fsp3) is 0.667. The summed E-state index contributed by atoms with van der Waals surface area (Å²) in [5.41, 5.74) is 0. The van der Waals surface area contributed by atoms with Crippen LogP contribution in [0, 0.1) is 11.8 Å². The third-order valence-electron chi connectivity index (χ3n) is 3.21. The summed E-state index contributed by atoms with van der Waals surface area (Å²) < 4.78 is 79.4. The molecular formula is C12H11F6NO5. The zero-order valence-corrected chi connectivity index (χ0v) is 12.0. The molecule has 1 amide bonds. The fourth-order valence-electron chi connectivity index (χ4n) is 2.12. The Bertz CT molecular complexity index is 517. The minimum Gasteiger partial charge on any atom is -0.450 e. The molecule has 0 aromatic rings. The second-order valence-corrected chi connectivity index (χ2v) is 4.84. The highest BCUT2D eigenvalue weighted by Gasteiger charge is 2.56. The fourth-order valence-corrected chi connectivity index (χ4v) is 2.12. The van der Waals surface area contributed by atoms with Crippen molar-refractivity contribution in [2.24, 2.45) is 11.8 Å². The summed E-state index contributed by atoms with van der Waals surface area (Å²) in [4.78, 5) is 46.2. The molecule has 2 atom stereocenters. The molecule has 0 N–H and O–H groups in total. The number of nitrogens with zero attached hydrogens (tertiary/aromatic N) is 1. The molecule has 0 aliphatic carbocycles. The van der Waals surface area contributed by atoms with E-state index in [1.165, 1.54) is 6.92 Å². The Labute approximate surface area is 130 Å². The van der Waals surface area contributed by atoms with Crippen LogP contribution in [0.25, 0.3) is 0 Å². The highest BCUT2D eigenvalue weighted by atomic mass is 19.4. The smallest absolute Gasteiger partial charge is 0.450 e. The van der Waals surface area contributed by atoms with E-state index < -0.39 is 60.7 Å².